The molecule has 0 bridgehead atoms. The monoisotopic (exact) mass is 334 g/mol. The number of anilines is 2. The highest BCUT2D eigenvalue weighted by atomic mass is 32.2. The fourth-order valence-electron chi connectivity index (χ4n) is 1.82. The van der Waals surface area contributed by atoms with Crippen molar-refractivity contribution in [2.75, 3.05) is 11.9 Å². The van der Waals surface area contributed by atoms with E-state index in [2.05, 4.69) is 5.32 Å². The Morgan fingerprint density at radius 2 is 1.91 bits per heavy atom. The van der Waals surface area contributed by atoms with Gasteiger partial charge in [0, 0.05) is 10.6 Å². The summed E-state index contributed by atoms with van der Waals surface area (Å²) in [7, 11) is 0. The number of carbonyl (C=O) groups excluding carboxylic acids is 1. The fraction of sp³-hybridized carbons (Fsp3) is 0.125. The molecule has 0 radical (unpaired) electrons. The molecule has 0 spiro atoms. The summed E-state index contributed by atoms with van der Waals surface area (Å²) in [4.78, 5) is 12.3. The van der Waals surface area contributed by atoms with Gasteiger partial charge in [-0.15, -0.1) is 0 Å². The number of benzene rings is 2. The van der Waals surface area contributed by atoms with E-state index in [0.29, 0.717) is 28.0 Å². The van der Waals surface area contributed by atoms with Gasteiger partial charge in [0.2, 0.25) is 0 Å². The van der Waals surface area contributed by atoms with Crippen LogP contribution in [0.25, 0.3) is 0 Å². The van der Waals surface area contributed by atoms with Gasteiger partial charge in [0.15, 0.2) is 6.61 Å². The minimum atomic E-state index is -2.47. The van der Waals surface area contributed by atoms with E-state index in [-0.39, 0.29) is 12.2 Å². The molecule has 2 aromatic rings. The van der Waals surface area contributed by atoms with Crippen LogP contribution in [0.4, 0.5) is 20.2 Å². The van der Waals surface area contributed by atoms with Crippen LogP contribution in [0.15, 0.2) is 53.4 Å². The third-order valence-electron chi connectivity index (χ3n) is 2.77. The molecular formula is C16H12F2N2O2S. The van der Waals surface area contributed by atoms with Crippen LogP contribution in [0, 0.1) is 11.3 Å². The zero-order valence-corrected chi connectivity index (χ0v) is 12.6. The van der Waals surface area contributed by atoms with Crippen molar-refractivity contribution >= 4 is 29.1 Å². The lowest BCUT2D eigenvalue weighted by Gasteiger charge is -2.11. The SMILES string of the molecule is N#CCOC(=O)c1ccccc1Nc1ccc(SC(F)F)cc1. The van der Waals surface area contributed by atoms with Gasteiger partial charge in [-0.3, -0.25) is 0 Å². The molecule has 2 aromatic carbocycles. The second-order valence-electron chi connectivity index (χ2n) is 4.31. The van der Waals surface area contributed by atoms with Gasteiger partial charge in [-0.25, -0.2) is 4.79 Å². The van der Waals surface area contributed by atoms with Crippen LogP contribution >= 0.6 is 11.8 Å². The minimum Gasteiger partial charge on any atom is -0.447 e. The van der Waals surface area contributed by atoms with E-state index in [4.69, 9.17) is 10.00 Å². The van der Waals surface area contributed by atoms with Crippen molar-refractivity contribution in [3.05, 3.63) is 54.1 Å². The Balaban J connectivity index is 2.14. The molecular weight excluding hydrogens is 322 g/mol. The number of para-hydroxylation sites is 1. The van der Waals surface area contributed by atoms with E-state index in [1.165, 1.54) is 0 Å². The number of alkyl halides is 2. The summed E-state index contributed by atoms with van der Waals surface area (Å²) in [6.45, 7) is -0.327. The highest BCUT2D eigenvalue weighted by Crippen LogP contribution is 2.28. The first-order valence-electron chi connectivity index (χ1n) is 6.55. The summed E-state index contributed by atoms with van der Waals surface area (Å²) in [5.41, 5.74) is 1.43. The molecule has 0 amide bonds. The maximum absolute atomic E-state index is 12.3. The highest BCUT2D eigenvalue weighted by molar-refractivity contribution is 7.99. The number of nitrogens with zero attached hydrogens (tertiary/aromatic N) is 1. The topological polar surface area (TPSA) is 62.1 Å². The fourth-order valence-corrected chi connectivity index (χ4v) is 2.32. The lowest BCUT2D eigenvalue weighted by atomic mass is 10.1. The quantitative estimate of drug-likeness (QED) is 0.626. The van der Waals surface area contributed by atoms with E-state index in [1.54, 1.807) is 54.6 Å². The molecule has 0 aliphatic rings. The Hall–Kier alpha value is -2.59. The maximum atomic E-state index is 12.3. The Bertz CT molecular complexity index is 715. The molecule has 0 aliphatic carbocycles. The molecule has 0 fully saturated rings. The van der Waals surface area contributed by atoms with E-state index >= 15 is 0 Å². The first-order chi connectivity index (χ1) is 11.1. The molecule has 7 heteroatoms. The maximum Gasteiger partial charge on any atom is 0.341 e. The summed E-state index contributed by atoms with van der Waals surface area (Å²) in [6, 6.07) is 14.8. The third kappa shape index (κ3) is 4.97. The number of carbonyl (C=O) groups is 1. The Morgan fingerprint density at radius 3 is 2.57 bits per heavy atom. The molecule has 0 saturated carbocycles. The standard InChI is InChI=1S/C16H12F2N2O2S/c17-16(18)23-12-7-5-11(6-8-12)20-14-4-2-1-3-13(14)15(21)22-10-9-19/h1-8,16,20H,10H2. The summed E-state index contributed by atoms with van der Waals surface area (Å²) in [6.07, 6.45) is 0. The van der Waals surface area contributed by atoms with Crippen LogP contribution in [-0.2, 0) is 4.74 Å². The van der Waals surface area contributed by atoms with Crippen LogP contribution in [0.1, 0.15) is 10.4 Å². The van der Waals surface area contributed by atoms with Crippen molar-refractivity contribution in [3.63, 3.8) is 0 Å². The average Bonchev–Trinajstić information content (AvgIpc) is 2.54. The molecule has 0 aromatic heterocycles. The van der Waals surface area contributed by atoms with Gasteiger partial charge in [-0.2, -0.15) is 14.0 Å². The number of esters is 1. The molecule has 1 N–H and O–H groups in total. The number of hydrogen-bond acceptors (Lipinski definition) is 5. The van der Waals surface area contributed by atoms with Crippen LogP contribution < -0.4 is 5.32 Å². The van der Waals surface area contributed by atoms with Crippen LogP contribution in [0.2, 0.25) is 0 Å². The molecule has 23 heavy (non-hydrogen) atoms. The van der Waals surface area contributed by atoms with Crippen LogP contribution in [-0.4, -0.2) is 18.3 Å². The number of rotatable bonds is 6. The summed E-state index contributed by atoms with van der Waals surface area (Å²) >= 11 is 0.465. The molecule has 118 valence electrons. The van der Waals surface area contributed by atoms with E-state index in [1.807, 2.05) is 0 Å². The Kier molecular flexibility index (Phi) is 5.94. The van der Waals surface area contributed by atoms with Crippen molar-refractivity contribution in [1.29, 1.82) is 5.26 Å². The normalized spacial score (nSPS) is 10.2. The molecule has 0 unspecified atom stereocenters. The molecule has 0 aliphatic heterocycles. The molecule has 2 rings (SSSR count). The van der Waals surface area contributed by atoms with Gasteiger partial charge in [-0.05, 0) is 36.4 Å². The zero-order valence-electron chi connectivity index (χ0n) is 11.8. The van der Waals surface area contributed by atoms with Gasteiger partial charge in [0.1, 0.15) is 6.07 Å². The largest absolute Gasteiger partial charge is 0.447 e. The number of nitrogens with one attached hydrogen (secondary N) is 1. The van der Waals surface area contributed by atoms with Crippen LogP contribution in [0.3, 0.4) is 0 Å². The minimum absolute atomic E-state index is 0.286. The van der Waals surface area contributed by atoms with Gasteiger partial charge < -0.3 is 10.1 Å². The number of nitriles is 1. The smallest absolute Gasteiger partial charge is 0.341 e. The number of thioether (sulfide) groups is 1. The number of halogens is 2. The van der Waals surface area contributed by atoms with Gasteiger partial charge in [0.25, 0.3) is 5.76 Å². The second kappa shape index (κ2) is 8.15. The van der Waals surface area contributed by atoms with E-state index in [0.717, 1.165) is 0 Å². The van der Waals surface area contributed by atoms with E-state index < -0.39 is 11.7 Å². The number of hydrogen-bond donors (Lipinski definition) is 1. The Morgan fingerprint density at radius 1 is 1.22 bits per heavy atom. The second-order valence-corrected chi connectivity index (χ2v) is 5.37. The summed E-state index contributed by atoms with van der Waals surface area (Å²) in [5.74, 6) is -3.08. The molecule has 0 saturated heterocycles. The lowest BCUT2D eigenvalue weighted by Crippen LogP contribution is -2.08. The molecule has 0 atom stereocenters. The van der Waals surface area contributed by atoms with Gasteiger partial charge in [0.05, 0.1) is 11.3 Å². The van der Waals surface area contributed by atoms with Gasteiger partial charge in [-0.1, -0.05) is 23.9 Å². The highest BCUT2D eigenvalue weighted by Gasteiger charge is 2.12. The predicted molar refractivity (Wildman–Crippen MR) is 83.9 cm³/mol. The first-order valence-corrected chi connectivity index (χ1v) is 7.43. The van der Waals surface area contributed by atoms with Crippen molar-refractivity contribution < 1.29 is 18.3 Å². The predicted octanol–water partition coefficient (Wildman–Crippen LogP) is 4.43. The zero-order chi connectivity index (χ0) is 16.7. The third-order valence-corrected chi connectivity index (χ3v) is 3.50. The lowest BCUT2D eigenvalue weighted by molar-refractivity contribution is 0.0556. The average molecular weight is 334 g/mol. The van der Waals surface area contributed by atoms with Gasteiger partial charge >= 0.3 is 5.97 Å². The van der Waals surface area contributed by atoms with E-state index in [9.17, 15) is 13.6 Å². The van der Waals surface area contributed by atoms with Crippen molar-refractivity contribution in [2.24, 2.45) is 0 Å². The van der Waals surface area contributed by atoms with Crippen molar-refractivity contribution in [2.45, 2.75) is 10.7 Å². The summed E-state index contributed by atoms with van der Waals surface area (Å²) in [5, 5.41) is 11.5. The van der Waals surface area contributed by atoms with Crippen molar-refractivity contribution in [3.8, 4) is 6.07 Å². The van der Waals surface area contributed by atoms with Crippen molar-refractivity contribution in [1.82, 2.24) is 0 Å². The molecule has 4 nitrogen and oxygen atoms in total. The number of ether oxygens (including phenoxy) is 1. The molecule has 0 heterocycles. The summed E-state index contributed by atoms with van der Waals surface area (Å²) < 4.78 is 29.4. The van der Waals surface area contributed by atoms with Crippen LogP contribution in [0.5, 0.6) is 0 Å². The Labute approximate surface area is 136 Å². The first kappa shape index (κ1) is 16.8.